The largest absolute Gasteiger partial charge is 0.345 e. The van der Waals surface area contributed by atoms with Gasteiger partial charge in [0, 0.05) is 90.6 Å². The average molecular weight is 1270 g/mol. The Hall–Kier alpha value is -11.8. The molecule has 4 aliphatic rings. The molecule has 14 aromatic carbocycles. The molecule has 460 valence electrons. The van der Waals surface area contributed by atoms with Gasteiger partial charge in [0.15, 0.2) is 0 Å². The first-order valence-corrected chi connectivity index (χ1v) is 34.0. The summed E-state index contributed by atoms with van der Waals surface area (Å²) < 4.78 is 0. The molecule has 96 heavy (non-hydrogen) atoms. The molecular weight excluding hydrogens is 1210 g/mol. The lowest BCUT2D eigenvalue weighted by atomic mass is 10.0. The van der Waals surface area contributed by atoms with Crippen LogP contribution in [0.25, 0.3) is 0 Å². The summed E-state index contributed by atoms with van der Waals surface area (Å²) in [5.41, 5.74) is 25.4. The lowest BCUT2D eigenvalue weighted by molar-refractivity contribution is 1.15. The van der Waals surface area contributed by atoms with Crippen LogP contribution in [-0.4, -0.2) is 14.1 Å². The van der Waals surface area contributed by atoms with E-state index in [4.69, 9.17) is 0 Å². The molecule has 0 fully saturated rings. The minimum absolute atomic E-state index is 1.11. The molecule has 14 aromatic rings. The van der Waals surface area contributed by atoms with Crippen molar-refractivity contribution in [1.82, 2.24) is 0 Å². The quantitative estimate of drug-likeness (QED) is 0.132. The molecule has 0 saturated carbocycles. The lowest BCUT2D eigenvalue weighted by Gasteiger charge is -2.40. The standard InChI is InChI=1S/C49H37N5.C37H27N3S2/c1-50(36-28-32-40(33-29-36)53-46-24-12-8-20-42(46)51(38-16-4-2-5-17-38)43-21-9-13-25-47(43)53)37-30-34-41(35-31-37)54-48-26-14-10-22-44(48)52(39-18-6-3-7-19-39)45-23-11-15-27-49(45)54;1-38(26-18-22-28(23-19-26)39-30-10-2-6-14-34(30)41-35-15-7-3-11-31(35)39)27-20-24-29(25-21-27)40-32-12-4-8-16-36(32)42-37-17-9-5-13-33(37)40/h2-35H,1H3;2-25H,1H3. The van der Waals surface area contributed by atoms with Crippen molar-refractivity contribution in [2.24, 2.45) is 0 Å². The smallest absolute Gasteiger partial charge is 0.0703 e. The zero-order valence-corrected chi connectivity index (χ0v) is 54.5. The molecule has 0 saturated heterocycles. The summed E-state index contributed by atoms with van der Waals surface area (Å²) in [6.07, 6.45) is 0. The molecule has 0 radical (unpaired) electrons. The highest BCUT2D eigenvalue weighted by Gasteiger charge is 2.33. The number of hydrogen-bond acceptors (Lipinski definition) is 10. The molecule has 8 nitrogen and oxygen atoms in total. The van der Waals surface area contributed by atoms with Crippen LogP contribution in [0.5, 0.6) is 0 Å². The van der Waals surface area contributed by atoms with Crippen LogP contribution in [-0.2, 0) is 0 Å². The van der Waals surface area contributed by atoms with E-state index in [1.165, 1.54) is 42.3 Å². The van der Waals surface area contributed by atoms with Crippen molar-refractivity contribution < 1.29 is 0 Å². The van der Waals surface area contributed by atoms with E-state index in [1.54, 1.807) is 0 Å². The molecular formula is C86H64N8S2. The van der Waals surface area contributed by atoms with Crippen LogP contribution in [0.4, 0.5) is 125 Å². The highest BCUT2D eigenvalue weighted by atomic mass is 32.2. The molecule has 4 heterocycles. The Morgan fingerprint density at radius 1 is 0.167 bits per heavy atom. The molecule has 0 amide bonds. The van der Waals surface area contributed by atoms with Gasteiger partial charge in [-0.25, -0.2) is 0 Å². The highest BCUT2D eigenvalue weighted by molar-refractivity contribution is 8.00. The summed E-state index contributed by atoms with van der Waals surface area (Å²) >= 11 is 3.67. The van der Waals surface area contributed by atoms with Crippen molar-refractivity contribution in [3.63, 3.8) is 0 Å². The van der Waals surface area contributed by atoms with Gasteiger partial charge in [0.25, 0.3) is 0 Å². The van der Waals surface area contributed by atoms with Crippen LogP contribution in [0.15, 0.2) is 371 Å². The first-order valence-electron chi connectivity index (χ1n) is 32.4. The molecule has 0 unspecified atom stereocenters. The zero-order valence-electron chi connectivity index (χ0n) is 52.9. The van der Waals surface area contributed by atoms with Gasteiger partial charge in [0.05, 0.1) is 68.2 Å². The van der Waals surface area contributed by atoms with Gasteiger partial charge in [0.2, 0.25) is 0 Å². The van der Waals surface area contributed by atoms with Crippen molar-refractivity contribution in [3.05, 3.63) is 352 Å². The van der Waals surface area contributed by atoms with E-state index in [9.17, 15) is 0 Å². The molecule has 0 aromatic heterocycles. The summed E-state index contributed by atoms with van der Waals surface area (Å²) in [6.45, 7) is 0. The molecule has 0 atom stereocenters. The number of nitrogens with zero attached hydrogens (tertiary/aromatic N) is 8. The van der Waals surface area contributed by atoms with Gasteiger partial charge in [-0.1, -0.05) is 157 Å². The monoisotopic (exact) mass is 1270 g/mol. The van der Waals surface area contributed by atoms with Crippen LogP contribution >= 0.6 is 23.5 Å². The number of benzene rings is 14. The van der Waals surface area contributed by atoms with Gasteiger partial charge in [-0.3, -0.25) is 0 Å². The van der Waals surface area contributed by atoms with Crippen LogP contribution in [0.3, 0.4) is 0 Å². The van der Waals surface area contributed by atoms with Crippen LogP contribution in [0.1, 0.15) is 0 Å². The minimum atomic E-state index is 1.11. The van der Waals surface area contributed by atoms with Gasteiger partial charge in [-0.05, 0) is 218 Å². The van der Waals surface area contributed by atoms with Gasteiger partial charge >= 0.3 is 0 Å². The first-order chi connectivity index (χ1) is 47.5. The predicted molar refractivity (Wildman–Crippen MR) is 405 cm³/mol. The maximum atomic E-state index is 2.37. The fraction of sp³-hybridized carbons (Fsp3) is 0.0233. The van der Waals surface area contributed by atoms with Crippen molar-refractivity contribution >= 4 is 149 Å². The number of rotatable bonds is 10. The summed E-state index contributed by atoms with van der Waals surface area (Å²) in [5.74, 6) is 0. The number of para-hydroxylation sites is 14. The highest BCUT2D eigenvalue weighted by Crippen LogP contribution is 2.58. The summed E-state index contributed by atoms with van der Waals surface area (Å²) in [5, 5.41) is 0. The third-order valence-corrected chi connectivity index (χ3v) is 20.6. The lowest BCUT2D eigenvalue weighted by Crippen LogP contribution is -2.24. The van der Waals surface area contributed by atoms with E-state index >= 15 is 0 Å². The van der Waals surface area contributed by atoms with Gasteiger partial charge in [-0.2, -0.15) is 0 Å². The Balaban J connectivity index is 0.000000150. The Morgan fingerprint density at radius 2 is 0.323 bits per heavy atom. The van der Waals surface area contributed by atoms with E-state index in [2.05, 4.69) is 405 Å². The van der Waals surface area contributed by atoms with Crippen molar-refractivity contribution in [1.29, 1.82) is 0 Å². The second-order valence-electron chi connectivity index (χ2n) is 23.9. The SMILES string of the molecule is CN(c1ccc(N2c3ccccc3N(c3ccccc3)c3ccccc32)cc1)c1ccc(N2c3ccccc3N(c3ccccc3)c3ccccc32)cc1.CN(c1ccc(N2c3ccccc3Sc3ccccc32)cc1)c1ccc(N2c3ccccc3Sc3ccccc32)cc1. The minimum Gasteiger partial charge on any atom is -0.345 e. The van der Waals surface area contributed by atoms with E-state index in [1.807, 2.05) is 23.5 Å². The molecule has 0 N–H and O–H groups in total. The predicted octanol–water partition coefficient (Wildman–Crippen LogP) is 25.3. The Morgan fingerprint density at radius 3 is 0.531 bits per heavy atom. The third-order valence-electron chi connectivity index (χ3n) is 18.3. The number of hydrogen-bond donors (Lipinski definition) is 0. The van der Waals surface area contributed by atoms with E-state index in [0.29, 0.717) is 0 Å². The van der Waals surface area contributed by atoms with Crippen molar-refractivity contribution in [2.75, 3.05) is 53.3 Å². The van der Waals surface area contributed by atoms with Gasteiger partial charge < -0.3 is 39.2 Å². The summed E-state index contributed by atoms with van der Waals surface area (Å²) in [7, 11) is 4.27. The van der Waals surface area contributed by atoms with Gasteiger partial charge in [0.1, 0.15) is 0 Å². The number of fused-ring (bicyclic) bond motifs is 8. The fourth-order valence-electron chi connectivity index (χ4n) is 13.7. The van der Waals surface area contributed by atoms with Crippen molar-refractivity contribution in [3.8, 4) is 0 Å². The third kappa shape index (κ3) is 10.4. The van der Waals surface area contributed by atoms with E-state index < -0.39 is 0 Å². The molecule has 10 heteroatoms. The topological polar surface area (TPSA) is 25.9 Å². The van der Waals surface area contributed by atoms with E-state index in [-0.39, 0.29) is 0 Å². The Bertz CT molecular complexity index is 4640. The normalized spacial score (nSPS) is 12.9. The average Bonchev–Trinajstić information content (AvgIpc) is 0.760. The maximum absolute atomic E-state index is 2.37. The zero-order chi connectivity index (χ0) is 64.1. The molecule has 0 aliphatic carbocycles. The first kappa shape index (κ1) is 58.0. The van der Waals surface area contributed by atoms with Crippen LogP contribution in [0, 0.1) is 0 Å². The van der Waals surface area contributed by atoms with Crippen molar-refractivity contribution in [2.45, 2.75) is 19.6 Å². The molecule has 4 aliphatic heterocycles. The second kappa shape index (κ2) is 24.9. The molecule has 0 spiro atoms. The molecule has 0 bridgehead atoms. The summed E-state index contributed by atoms with van der Waals surface area (Å²) in [6, 6.07) is 126. The van der Waals surface area contributed by atoms with Gasteiger partial charge in [-0.15, -0.1) is 0 Å². The number of anilines is 22. The Kier molecular flexibility index (Phi) is 15.1. The second-order valence-corrected chi connectivity index (χ2v) is 26.1. The maximum Gasteiger partial charge on any atom is 0.0703 e. The Labute approximate surface area is 569 Å². The van der Waals surface area contributed by atoms with E-state index in [0.717, 1.165) is 102 Å². The van der Waals surface area contributed by atoms with Crippen LogP contribution in [0.2, 0.25) is 0 Å². The summed E-state index contributed by atoms with van der Waals surface area (Å²) in [4.78, 5) is 23.8. The fourth-order valence-corrected chi connectivity index (χ4v) is 15.8. The van der Waals surface area contributed by atoms with Crippen LogP contribution < -0.4 is 39.2 Å². The molecule has 18 rings (SSSR count).